The van der Waals surface area contributed by atoms with Crippen LogP contribution in [0.15, 0.2) is 90.1 Å². The van der Waals surface area contributed by atoms with Crippen molar-refractivity contribution < 1.29 is 9.18 Å². The number of aromatic nitrogens is 3. The highest BCUT2D eigenvalue weighted by Crippen LogP contribution is 2.37. The summed E-state index contributed by atoms with van der Waals surface area (Å²) in [6, 6.07) is 26.6. The lowest BCUT2D eigenvalue weighted by atomic mass is 10.1. The molecule has 1 atom stereocenters. The average molecular weight is 473 g/mol. The van der Waals surface area contributed by atoms with Gasteiger partial charge in [-0.3, -0.25) is 4.79 Å². The van der Waals surface area contributed by atoms with Crippen molar-refractivity contribution >= 4 is 17.7 Å². The van der Waals surface area contributed by atoms with Crippen LogP contribution >= 0.6 is 11.8 Å². The molecule has 5 rings (SSSR count). The first kappa shape index (κ1) is 22.3. The highest BCUT2D eigenvalue weighted by Gasteiger charge is 2.31. The third kappa shape index (κ3) is 5.20. The smallest absolute Gasteiger partial charge is 0.238 e. The zero-order chi connectivity index (χ0) is 23.3. The van der Waals surface area contributed by atoms with E-state index in [0.717, 1.165) is 30.4 Å². The summed E-state index contributed by atoms with van der Waals surface area (Å²) in [4.78, 5) is 13.2. The maximum atomic E-state index is 14.7. The number of amides is 1. The molecule has 1 aromatic heterocycles. The van der Waals surface area contributed by atoms with E-state index in [4.69, 9.17) is 0 Å². The van der Waals surface area contributed by atoms with Crippen LogP contribution in [0.4, 0.5) is 4.39 Å². The second kappa shape index (κ2) is 10.2. The predicted octanol–water partition coefficient (Wildman–Crippen LogP) is 5.44. The van der Waals surface area contributed by atoms with Crippen LogP contribution in [0.3, 0.4) is 0 Å². The summed E-state index contributed by atoms with van der Waals surface area (Å²) >= 11 is 1.36. The number of hydrogen-bond acceptors (Lipinski definition) is 4. The lowest BCUT2D eigenvalue weighted by Crippen LogP contribution is -2.30. The normalized spacial score (nSPS) is 14.0. The molecule has 0 bridgehead atoms. The molecule has 0 saturated heterocycles. The molecule has 1 saturated carbocycles. The average Bonchev–Trinajstić information content (AvgIpc) is 3.60. The predicted molar refractivity (Wildman–Crippen MR) is 132 cm³/mol. The Bertz CT molecular complexity index is 1260. The number of carbonyl (C=O) groups is 1. The van der Waals surface area contributed by atoms with Crippen LogP contribution in [0.25, 0.3) is 11.4 Å². The van der Waals surface area contributed by atoms with Crippen LogP contribution in [0, 0.1) is 5.82 Å². The second-order valence-electron chi connectivity index (χ2n) is 8.36. The summed E-state index contributed by atoms with van der Waals surface area (Å²) in [6.07, 6.45) is 2.77. The quantitative estimate of drug-likeness (QED) is 0.330. The maximum Gasteiger partial charge on any atom is 0.238 e. The second-order valence-corrected chi connectivity index (χ2v) is 9.44. The minimum atomic E-state index is -0.477. The molecule has 34 heavy (non-hydrogen) atoms. The van der Waals surface area contributed by atoms with Gasteiger partial charge in [-0.2, -0.15) is 0 Å². The molecule has 4 aromatic rings. The van der Waals surface area contributed by atoms with Gasteiger partial charge in [-0.05, 0) is 42.5 Å². The summed E-state index contributed by atoms with van der Waals surface area (Å²) < 4.78 is 16.6. The monoisotopic (exact) mass is 472 g/mol. The van der Waals surface area contributed by atoms with E-state index in [1.807, 2.05) is 53.1 Å². The number of carbonyl (C=O) groups excluding carboxylic acids is 1. The molecule has 7 heteroatoms. The molecule has 3 aromatic carbocycles. The summed E-state index contributed by atoms with van der Waals surface area (Å²) in [5.41, 5.74) is 2.46. The zero-order valence-electron chi connectivity index (χ0n) is 18.6. The lowest BCUT2D eigenvalue weighted by molar-refractivity contribution is -0.120. The number of hydrogen-bond donors (Lipinski definition) is 1. The molecular formula is C27H25FN4OS. The van der Waals surface area contributed by atoms with E-state index in [9.17, 15) is 9.18 Å². The third-order valence-electron chi connectivity index (χ3n) is 5.79. The first-order chi connectivity index (χ1) is 16.7. The van der Waals surface area contributed by atoms with Gasteiger partial charge in [0.25, 0.3) is 0 Å². The van der Waals surface area contributed by atoms with Crippen molar-refractivity contribution in [2.75, 3.05) is 0 Å². The van der Waals surface area contributed by atoms with Gasteiger partial charge in [0, 0.05) is 12.6 Å². The third-order valence-corrected chi connectivity index (χ3v) is 7.02. The molecule has 1 heterocycles. The summed E-state index contributed by atoms with van der Waals surface area (Å²) in [5, 5.41) is 12.0. The van der Waals surface area contributed by atoms with E-state index < -0.39 is 5.25 Å². The van der Waals surface area contributed by atoms with Crippen molar-refractivity contribution in [2.24, 2.45) is 0 Å². The fourth-order valence-corrected chi connectivity index (χ4v) is 4.89. The van der Waals surface area contributed by atoms with Gasteiger partial charge >= 0.3 is 0 Å². The van der Waals surface area contributed by atoms with Crippen LogP contribution in [-0.4, -0.2) is 26.7 Å². The standard InChI is InChI=1S/C27H25FN4OS/c28-23-14-8-7-13-22(23)25-30-31-27(32(25)18-17-19-9-3-1-4-10-19)34-24(20-11-5-2-6-12-20)26(33)29-21-15-16-21/h1-14,21,24H,15-18H2,(H,29,33). The van der Waals surface area contributed by atoms with Crippen molar-refractivity contribution in [1.29, 1.82) is 0 Å². The van der Waals surface area contributed by atoms with E-state index in [1.54, 1.807) is 18.2 Å². The molecule has 0 radical (unpaired) electrons. The maximum absolute atomic E-state index is 14.7. The van der Waals surface area contributed by atoms with Crippen LogP contribution in [0.1, 0.15) is 29.2 Å². The van der Waals surface area contributed by atoms with Crippen molar-refractivity contribution in [3.63, 3.8) is 0 Å². The van der Waals surface area contributed by atoms with E-state index in [1.165, 1.54) is 17.8 Å². The van der Waals surface area contributed by atoms with E-state index in [-0.39, 0.29) is 17.8 Å². The van der Waals surface area contributed by atoms with Gasteiger partial charge in [0.2, 0.25) is 5.91 Å². The summed E-state index contributed by atoms with van der Waals surface area (Å²) in [5.74, 6) is 0.0770. The minimum Gasteiger partial charge on any atom is -0.352 e. The van der Waals surface area contributed by atoms with Crippen LogP contribution in [0.5, 0.6) is 0 Å². The van der Waals surface area contributed by atoms with Crippen LogP contribution in [0.2, 0.25) is 0 Å². The molecule has 172 valence electrons. The Balaban J connectivity index is 1.49. The Morgan fingerprint density at radius 3 is 2.35 bits per heavy atom. The Labute approximate surface area is 202 Å². The van der Waals surface area contributed by atoms with Crippen molar-refractivity contribution in [3.05, 3.63) is 102 Å². The summed E-state index contributed by atoms with van der Waals surface area (Å²) in [6.45, 7) is 0.564. The number of nitrogens with zero attached hydrogens (tertiary/aromatic N) is 3. The Kier molecular flexibility index (Phi) is 6.72. The van der Waals surface area contributed by atoms with Crippen LogP contribution in [-0.2, 0) is 17.8 Å². The minimum absolute atomic E-state index is 0.0382. The van der Waals surface area contributed by atoms with Gasteiger partial charge in [0.1, 0.15) is 11.1 Å². The first-order valence-corrected chi connectivity index (χ1v) is 12.3. The Morgan fingerprint density at radius 2 is 1.65 bits per heavy atom. The van der Waals surface area contributed by atoms with Gasteiger partial charge in [-0.25, -0.2) is 4.39 Å². The SMILES string of the molecule is O=C(NC1CC1)C(Sc1nnc(-c2ccccc2F)n1CCc1ccccc1)c1ccccc1. The molecule has 0 spiro atoms. The summed E-state index contributed by atoms with van der Waals surface area (Å²) in [7, 11) is 0. The molecule has 1 aliphatic rings. The number of halogens is 1. The number of nitrogens with one attached hydrogen (secondary N) is 1. The van der Waals surface area contributed by atoms with Gasteiger partial charge in [0.15, 0.2) is 11.0 Å². The van der Waals surface area contributed by atoms with E-state index in [2.05, 4.69) is 27.6 Å². The number of thioether (sulfide) groups is 1. The molecule has 0 aliphatic heterocycles. The molecule has 1 amide bonds. The molecule has 1 fully saturated rings. The van der Waals surface area contributed by atoms with E-state index in [0.29, 0.717) is 23.1 Å². The highest BCUT2D eigenvalue weighted by molar-refractivity contribution is 8.00. The highest BCUT2D eigenvalue weighted by atomic mass is 32.2. The van der Waals surface area contributed by atoms with Crippen molar-refractivity contribution in [2.45, 2.75) is 42.3 Å². The van der Waals surface area contributed by atoms with Gasteiger partial charge in [0.05, 0.1) is 5.56 Å². The van der Waals surface area contributed by atoms with Gasteiger partial charge in [-0.1, -0.05) is 84.6 Å². The van der Waals surface area contributed by atoms with Crippen LogP contribution < -0.4 is 5.32 Å². The van der Waals surface area contributed by atoms with E-state index >= 15 is 0 Å². The Hall–Kier alpha value is -3.45. The molecule has 1 unspecified atom stereocenters. The Morgan fingerprint density at radius 1 is 0.971 bits per heavy atom. The van der Waals surface area contributed by atoms with Gasteiger partial charge < -0.3 is 9.88 Å². The fraction of sp³-hybridized carbons (Fsp3) is 0.222. The molecular weight excluding hydrogens is 447 g/mol. The number of benzene rings is 3. The lowest BCUT2D eigenvalue weighted by Gasteiger charge is -2.17. The molecule has 1 aliphatic carbocycles. The number of aryl methyl sites for hydroxylation is 1. The van der Waals surface area contributed by atoms with Crippen molar-refractivity contribution in [3.8, 4) is 11.4 Å². The molecule has 1 N–H and O–H groups in total. The first-order valence-electron chi connectivity index (χ1n) is 11.4. The fourth-order valence-electron chi connectivity index (χ4n) is 3.82. The zero-order valence-corrected chi connectivity index (χ0v) is 19.4. The topological polar surface area (TPSA) is 59.8 Å². The number of rotatable bonds is 9. The van der Waals surface area contributed by atoms with Crippen molar-refractivity contribution in [1.82, 2.24) is 20.1 Å². The largest absolute Gasteiger partial charge is 0.352 e. The van der Waals surface area contributed by atoms with Gasteiger partial charge in [-0.15, -0.1) is 10.2 Å². The molecule has 5 nitrogen and oxygen atoms in total.